The van der Waals surface area contributed by atoms with Crippen LogP contribution in [-0.2, 0) is 11.8 Å². The minimum Gasteiger partial charge on any atom is -0.457 e. The number of fused-ring (bicyclic) bond motifs is 1. The number of hydrogen-bond acceptors (Lipinski definition) is 4. The topological polar surface area (TPSA) is 67.9 Å². The van der Waals surface area contributed by atoms with Crippen molar-refractivity contribution in [1.29, 1.82) is 5.26 Å². The zero-order valence-corrected chi connectivity index (χ0v) is 13.0. The number of esters is 1. The van der Waals surface area contributed by atoms with E-state index in [-0.39, 0.29) is 0 Å². The minimum absolute atomic E-state index is 0.434. The number of nitrogens with zero attached hydrogens (tertiary/aromatic N) is 3. The number of nitriles is 1. The molecule has 1 aromatic carbocycles. The lowest BCUT2D eigenvalue weighted by Crippen LogP contribution is -2.30. The molecule has 0 aliphatic carbocycles. The average Bonchev–Trinajstić information content (AvgIpc) is 2.73. The molecule has 1 atom stereocenters. The van der Waals surface area contributed by atoms with Gasteiger partial charge in [0, 0.05) is 7.05 Å². The van der Waals surface area contributed by atoms with Crippen LogP contribution in [0.4, 0.5) is 0 Å². The summed E-state index contributed by atoms with van der Waals surface area (Å²) >= 11 is 0. The number of carbonyl (C=O) groups is 1. The predicted octanol–water partition coefficient (Wildman–Crippen LogP) is 2.98. The van der Waals surface area contributed by atoms with E-state index in [4.69, 9.17) is 10.00 Å². The molecule has 0 fully saturated rings. The third-order valence-electron chi connectivity index (χ3n) is 3.93. The van der Waals surface area contributed by atoms with E-state index in [0.29, 0.717) is 5.56 Å². The van der Waals surface area contributed by atoms with E-state index in [1.807, 2.05) is 24.6 Å². The van der Waals surface area contributed by atoms with E-state index in [1.165, 1.54) is 0 Å². The Balaban J connectivity index is 2.26. The number of imidazole rings is 1. The van der Waals surface area contributed by atoms with Crippen LogP contribution in [0, 0.1) is 23.7 Å². The van der Waals surface area contributed by atoms with Gasteiger partial charge < -0.3 is 9.30 Å². The molecular weight excluding hydrogens is 266 g/mol. The normalized spacial score (nSPS) is 13.0. The molecule has 21 heavy (non-hydrogen) atoms. The van der Waals surface area contributed by atoms with Gasteiger partial charge in [-0.1, -0.05) is 0 Å². The zero-order valence-electron chi connectivity index (χ0n) is 13.0. The maximum absolute atomic E-state index is 12.2. The Morgan fingerprint density at radius 1 is 1.48 bits per heavy atom. The van der Waals surface area contributed by atoms with Crippen molar-refractivity contribution in [3.63, 3.8) is 0 Å². The zero-order chi connectivity index (χ0) is 15.8. The van der Waals surface area contributed by atoms with Gasteiger partial charge in [0.15, 0.2) is 0 Å². The van der Waals surface area contributed by atoms with E-state index < -0.39 is 17.5 Å². The largest absolute Gasteiger partial charge is 0.457 e. The molecule has 0 aliphatic rings. The molecular formula is C16H19N3O2. The molecule has 2 rings (SSSR count). The van der Waals surface area contributed by atoms with Crippen LogP contribution in [0.2, 0.25) is 0 Å². The van der Waals surface area contributed by atoms with Gasteiger partial charge in [-0.15, -0.1) is 0 Å². The Labute approximate surface area is 124 Å². The van der Waals surface area contributed by atoms with Crippen LogP contribution in [-0.4, -0.2) is 21.6 Å². The molecule has 5 nitrogen and oxygen atoms in total. The minimum atomic E-state index is -0.721. The Morgan fingerprint density at radius 3 is 2.76 bits per heavy atom. The fraction of sp³-hybridized carbons (Fsp3) is 0.438. The highest BCUT2D eigenvalue weighted by Crippen LogP contribution is 2.23. The summed E-state index contributed by atoms with van der Waals surface area (Å²) in [6.45, 7) is 7.13. The number of rotatable bonds is 3. The van der Waals surface area contributed by atoms with Crippen LogP contribution in [0.5, 0.6) is 0 Å². The predicted molar refractivity (Wildman–Crippen MR) is 79.7 cm³/mol. The number of ether oxygens (including phenoxy) is 1. The van der Waals surface area contributed by atoms with E-state index >= 15 is 0 Å². The molecule has 1 heterocycles. The van der Waals surface area contributed by atoms with E-state index in [9.17, 15) is 4.79 Å². The Kier molecular flexibility index (Phi) is 3.73. The summed E-state index contributed by atoms with van der Waals surface area (Å²) in [7, 11) is 1.93. The van der Waals surface area contributed by atoms with Crippen molar-refractivity contribution < 1.29 is 9.53 Å². The summed E-state index contributed by atoms with van der Waals surface area (Å²) < 4.78 is 7.35. The first kappa shape index (κ1) is 15.0. The smallest absolute Gasteiger partial charge is 0.338 e. The van der Waals surface area contributed by atoms with Crippen molar-refractivity contribution in [1.82, 2.24) is 9.55 Å². The van der Waals surface area contributed by atoms with Gasteiger partial charge in [-0.2, -0.15) is 5.26 Å². The van der Waals surface area contributed by atoms with Crippen LogP contribution in [0.1, 0.15) is 37.0 Å². The second-order valence-corrected chi connectivity index (χ2v) is 5.80. The summed E-state index contributed by atoms with van der Waals surface area (Å²) in [5.41, 5.74) is 1.45. The average molecular weight is 285 g/mol. The summed E-state index contributed by atoms with van der Waals surface area (Å²) in [4.78, 5) is 16.6. The molecule has 0 bridgehead atoms. The molecule has 5 heteroatoms. The first-order valence-corrected chi connectivity index (χ1v) is 6.81. The van der Waals surface area contributed by atoms with Crippen molar-refractivity contribution >= 4 is 17.0 Å². The van der Waals surface area contributed by atoms with Crippen LogP contribution >= 0.6 is 0 Å². The molecule has 1 unspecified atom stereocenters. The fourth-order valence-corrected chi connectivity index (χ4v) is 1.91. The highest BCUT2D eigenvalue weighted by atomic mass is 16.5. The summed E-state index contributed by atoms with van der Waals surface area (Å²) in [6.07, 6.45) is -0.490. The van der Waals surface area contributed by atoms with Gasteiger partial charge in [0.05, 0.1) is 28.1 Å². The van der Waals surface area contributed by atoms with Crippen LogP contribution in [0.25, 0.3) is 11.0 Å². The molecule has 0 spiro atoms. The van der Waals surface area contributed by atoms with Crippen LogP contribution < -0.4 is 0 Å². The van der Waals surface area contributed by atoms with Crippen molar-refractivity contribution in [3.05, 3.63) is 29.6 Å². The lowest BCUT2D eigenvalue weighted by Gasteiger charge is -2.24. The van der Waals surface area contributed by atoms with Gasteiger partial charge >= 0.3 is 5.97 Å². The Hall–Kier alpha value is -2.35. The van der Waals surface area contributed by atoms with Crippen molar-refractivity contribution in [2.75, 3.05) is 0 Å². The van der Waals surface area contributed by atoms with Gasteiger partial charge in [-0.3, -0.25) is 0 Å². The Bertz CT molecular complexity index is 738. The summed E-state index contributed by atoms with van der Waals surface area (Å²) in [5.74, 6) is 0.450. The van der Waals surface area contributed by atoms with Gasteiger partial charge in [0.1, 0.15) is 11.9 Å². The van der Waals surface area contributed by atoms with E-state index in [0.717, 1.165) is 16.9 Å². The maximum atomic E-state index is 12.2. The molecule has 0 amide bonds. The second kappa shape index (κ2) is 5.21. The monoisotopic (exact) mass is 285 g/mol. The molecule has 2 aromatic rings. The number of carbonyl (C=O) groups excluding carboxylic acids is 1. The lowest BCUT2D eigenvalue weighted by molar-refractivity contribution is 0.0129. The van der Waals surface area contributed by atoms with Crippen LogP contribution in [0.3, 0.4) is 0 Å². The molecule has 0 radical (unpaired) electrons. The number of aromatic nitrogens is 2. The van der Waals surface area contributed by atoms with Crippen molar-refractivity contribution in [3.8, 4) is 6.07 Å². The molecule has 1 aromatic heterocycles. The fourth-order valence-electron chi connectivity index (χ4n) is 1.91. The third kappa shape index (κ3) is 2.75. The van der Waals surface area contributed by atoms with E-state index in [1.54, 1.807) is 32.9 Å². The van der Waals surface area contributed by atoms with E-state index in [2.05, 4.69) is 11.1 Å². The van der Waals surface area contributed by atoms with Gasteiger partial charge in [0.2, 0.25) is 0 Å². The summed E-state index contributed by atoms with van der Waals surface area (Å²) in [6, 6.07) is 7.44. The first-order valence-electron chi connectivity index (χ1n) is 6.81. The molecule has 0 aliphatic heterocycles. The molecule has 0 saturated heterocycles. The standard InChI is InChI=1S/C16H19N3O2/c1-10(16(3,4)9-17)21-15(20)12-6-7-14-13(8-12)18-11(2)19(14)5/h6-8,10H,1-5H3. The third-order valence-corrected chi connectivity index (χ3v) is 3.93. The summed E-state index contributed by atoms with van der Waals surface area (Å²) in [5, 5.41) is 9.07. The highest BCUT2D eigenvalue weighted by molar-refractivity contribution is 5.93. The van der Waals surface area contributed by atoms with Crippen molar-refractivity contribution in [2.45, 2.75) is 33.8 Å². The Morgan fingerprint density at radius 2 is 2.14 bits per heavy atom. The number of benzene rings is 1. The van der Waals surface area contributed by atoms with Gasteiger partial charge in [0.25, 0.3) is 0 Å². The van der Waals surface area contributed by atoms with Gasteiger partial charge in [-0.25, -0.2) is 9.78 Å². The molecule has 0 N–H and O–H groups in total. The molecule has 110 valence electrons. The maximum Gasteiger partial charge on any atom is 0.338 e. The number of hydrogen-bond donors (Lipinski definition) is 0. The first-order chi connectivity index (χ1) is 9.76. The van der Waals surface area contributed by atoms with Crippen molar-refractivity contribution in [2.24, 2.45) is 12.5 Å². The lowest BCUT2D eigenvalue weighted by atomic mass is 9.89. The van der Waals surface area contributed by atoms with Crippen LogP contribution in [0.15, 0.2) is 18.2 Å². The molecule has 0 saturated carbocycles. The second-order valence-electron chi connectivity index (χ2n) is 5.80. The number of aryl methyl sites for hydroxylation is 2. The quantitative estimate of drug-likeness (QED) is 0.813. The highest BCUT2D eigenvalue weighted by Gasteiger charge is 2.29. The SMILES string of the molecule is Cc1nc2cc(C(=O)OC(C)C(C)(C)C#N)ccc2n1C. The van der Waals surface area contributed by atoms with Gasteiger partial charge in [-0.05, 0) is 45.9 Å².